The number of carbonyl (C=O) groups is 1. The Morgan fingerprint density at radius 2 is 2.39 bits per heavy atom. The van der Waals surface area contributed by atoms with Gasteiger partial charge in [0.2, 0.25) is 5.91 Å². The fourth-order valence-electron chi connectivity index (χ4n) is 1.51. The average Bonchev–Trinajstić information content (AvgIpc) is 2.94. The molecule has 1 N–H and O–H groups in total. The average molecular weight is 262 g/mol. The third kappa shape index (κ3) is 3.30. The maximum atomic E-state index is 11.6. The van der Waals surface area contributed by atoms with Crippen molar-refractivity contribution < 1.29 is 9.21 Å². The Kier molecular flexibility index (Phi) is 3.94. The van der Waals surface area contributed by atoms with Gasteiger partial charge in [0.15, 0.2) is 0 Å². The molecule has 2 aromatic rings. The second-order valence-electron chi connectivity index (χ2n) is 3.81. The highest BCUT2D eigenvalue weighted by molar-refractivity contribution is 7.11. The van der Waals surface area contributed by atoms with Crippen LogP contribution in [-0.2, 0) is 11.3 Å². The lowest BCUT2D eigenvalue weighted by Gasteiger charge is -1.99. The molecule has 0 radical (unpaired) electrons. The first-order valence-corrected chi connectivity index (χ1v) is 6.39. The fraction of sp³-hybridized carbons (Fsp3) is 0.231. The summed E-state index contributed by atoms with van der Waals surface area (Å²) < 4.78 is 5.09. The number of aryl methyl sites for hydroxylation is 2. The van der Waals surface area contributed by atoms with Crippen LogP contribution >= 0.6 is 11.3 Å². The Labute approximate surface area is 109 Å². The Hall–Kier alpha value is -1.88. The number of nitrogens with one attached hydrogen (secondary N) is 1. The predicted octanol–water partition coefficient (Wildman–Crippen LogP) is 2.68. The highest BCUT2D eigenvalue weighted by Gasteiger charge is 2.05. The van der Waals surface area contributed by atoms with Crippen molar-refractivity contribution in [3.05, 3.63) is 45.8 Å². The number of hydrogen-bond donors (Lipinski definition) is 1. The molecule has 0 atom stereocenters. The van der Waals surface area contributed by atoms with Crippen LogP contribution in [0.15, 0.2) is 28.9 Å². The fourth-order valence-corrected chi connectivity index (χ4v) is 2.38. The van der Waals surface area contributed by atoms with Crippen molar-refractivity contribution in [3.8, 4) is 0 Å². The summed E-state index contributed by atoms with van der Waals surface area (Å²) in [6.45, 7) is 4.42. The smallest absolute Gasteiger partial charge is 0.244 e. The molecule has 18 heavy (non-hydrogen) atoms. The van der Waals surface area contributed by atoms with E-state index in [2.05, 4.69) is 10.3 Å². The Balaban J connectivity index is 1.87. The zero-order valence-electron chi connectivity index (χ0n) is 10.3. The third-order valence-corrected chi connectivity index (χ3v) is 3.44. The van der Waals surface area contributed by atoms with Gasteiger partial charge in [0.05, 0.1) is 23.5 Å². The molecule has 94 valence electrons. The third-order valence-electron chi connectivity index (χ3n) is 2.36. The van der Waals surface area contributed by atoms with Crippen LogP contribution in [0.3, 0.4) is 0 Å². The number of nitrogens with zero attached hydrogens (tertiary/aromatic N) is 1. The van der Waals surface area contributed by atoms with Crippen LogP contribution in [0.25, 0.3) is 6.08 Å². The van der Waals surface area contributed by atoms with E-state index in [4.69, 9.17) is 4.42 Å². The van der Waals surface area contributed by atoms with Gasteiger partial charge in [0.25, 0.3) is 0 Å². The van der Waals surface area contributed by atoms with Crippen LogP contribution in [0.2, 0.25) is 0 Å². The molecule has 2 heterocycles. The quantitative estimate of drug-likeness (QED) is 0.862. The molecule has 2 rings (SSSR count). The van der Waals surface area contributed by atoms with E-state index in [0.717, 1.165) is 15.6 Å². The van der Waals surface area contributed by atoms with Gasteiger partial charge in [-0.15, -0.1) is 11.3 Å². The van der Waals surface area contributed by atoms with Crippen molar-refractivity contribution in [1.82, 2.24) is 10.3 Å². The first kappa shape index (κ1) is 12.6. The van der Waals surface area contributed by atoms with Crippen molar-refractivity contribution in [2.24, 2.45) is 0 Å². The van der Waals surface area contributed by atoms with Gasteiger partial charge in [0.1, 0.15) is 5.76 Å². The van der Waals surface area contributed by atoms with E-state index < -0.39 is 0 Å². The van der Waals surface area contributed by atoms with Crippen LogP contribution in [0.4, 0.5) is 0 Å². The number of carbonyl (C=O) groups excluding carboxylic acids is 1. The molecule has 0 saturated carbocycles. The normalized spacial score (nSPS) is 11.0. The van der Waals surface area contributed by atoms with E-state index in [1.807, 2.05) is 13.8 Å². The summed E-state index contributed by atoms with van der Waals surface area (Å²) in [5, 5.41) is 3.84. The van der Waals surface area contributed by atoms with Gasteiger partial charge >= 0.3 is 0 Å². The Morgan fingerprint density at radius 3 is 3.00 bits per heavy atom. The molecule has 0 saturated heterocycles. The first-order chi connectivity index (χ1) is 8.65. The highest BCUT2D eigenvalue weighted by atomic mass is 32.1. The van der Waals surface area contributed by atoms with Gasteiger partial charge in [-0.05, 0) is 32.1 Å². The lowest BCUT2D eigenvalue weighted by molar-refractivity contribution is -0.116. The lowest BCUT2D eigenvalue weighted by atomic mass is 10.3. The predicted molar refractivity (Wildman–Crippen MR) is 71.2 cm³/mol. The number of furan rings is 1. The second-order valence-corrected chi connectivity index (χ2v) is 5.10. The van der Waals surface area contributed by atoms with Gasteiger partial charge in [-0.3, -0.25) is 4.79 Å². The van der Waals surface area contributed by atoms with Crippen molar-refractivity contribution >= 4 is 23.3 Å². The first-order valence-electron chi connectivity index (χ1n) is 5.57. The van der Waals surface area contributed by atoms with Crippen LogP contribution in [0, 0.1) is 13.8 Å². The van der Waals surface area contributed by atoms with Gasteiger partial charge in [-0.25, -0.2) is 4.98 Å². The molecule has 4 nitrogen and oxygen atoms in total. The summed E-state index contributed by atoms with van der Waals surface area (Å²) in [5.41, 5.74) is 0.979. The van der Waals surface area contributed by atoms with Crippen molar-refractivity contribution in [2.45, 2.75) is 20.4 Å². The van der Waals surface area contributed by atoms with Gasteiger partial charge in [-0.2, -0.15) is 0 Å². The van der Waals surface area contributed by atoms with E-state index in [0.29, 0.717) is 12.3 Å². The summed E-state index contributed by atoms with van der Waals surface area (Å²) in [7, 11) is 0. The maximum Gasteiger partial charge on any atom is 0.244 e. The lowest BCUT2D eigenvalue weighted by Crippen LogP contribution is -2.20. The molecule has 1 amide bonds. The van der Waals surface area contributed by atoms with E-state index in [1.165, 1.54) is 6.08 Å². The monoisotopic (exact) mass is 262 g/mol. The summed E-state index contributed by atoms with van der Waals surface area (Å²) >= 11 is 1.60. The molecule has 0 aliphatic carbocycles. The number of hydrogen-bond acceptors (Lipinski definition) is 4. The minimum absolute atomic E-state index is 0.142. The van der Waals surface area contributed by atoms with Crippen molar-refractivity contribution in [3.63, 3.8) is 0 Å². The van der Waals surface area contributed by atoms with Crippen LogP contribution < -0.4 is 5.32 Å². The SMILES string of the molecule is Cc1nc(C)c(CNC(=O)/C=C/c2ccco2)s1. The summed E-state index contributed by atoms with van der Waals surface area (Å²) in [6, 6.07) is 3.57. The number of aromatic nitrogens is 1. The van der Waals surface area contributed by atoms with E-state index in [1.54, 1.807) is 35.8 Å². The molecule has 5 heteroatoms. The van der Waals surface area contributed by atoms with Crippen molar-refractivity contribution in [2.75, 3.05) is 0 Å². The topological polar surface area (TPSA) is 55.1 Å². The molecule has 0 spiro atoms. The number of rotatable bonds is 4. The zero-order chi connectivity index (χ0) is 13.0. The standard InChI is InChI=1S/C13H14N2O2S/c1-9-12(18-10(2)15-9)8-14-13(16)6-5-11-4-3-7-17-11/h3-7H,8H2,1-2H3,(H,14,16)/b6-5+. The largest absolute Gasteiger partial charge is 0.465 e. The summed E-state index contributed by atoms with van der Waals surface area (Å²) in [5.74, 6) is 0.520. The molecule has 0 bridgehead atoms. The summed E-state index contributed by atoms with van der Waals surface area (Å²) in [6.07, 6.45) is 4.67. The van der Waals surface area contributed by atoms with E-state index >= 15 is 0 Å². The van der Waals surface area contributed by atoms with Crippen LogP contribution in [0.1, 0.15) is 21.3 Å². The minimum Gasteiger partial charge on any atom is -0.465 e. The molecule has 0 aliphatic rings. The van der Waals surface area contributed by atoms with Crippen LogP contribution in [-0.4, -0.2) is 10.9 Å². The molecule has 0 unspecified atom stereocenters. The molecule has 0 aliphatic heterocycles. The molecule has 0 aromatic carbocycles. The van der Waals surface area contributed by atoms with E-state index in [-0.39, 0.29) is 5.91 Å². The van der Waals surface area contributed by atoms with Gasteiger partial charge < -0.3 is 9.73 Å². The highest BCUT2D eigenvalue weighted by Crippen LogP contribution is 2.16. The molecular formula is C13H14N2O2S. The maximum absolute atomic E-state index is 11.6. The van der Waals surface area contributed by atoms with Crippen molar-refractivity contribution in [1.29, 1.82) is 0 Å². The number of thiazole rings is 1. The van der Waals surface area contributed by atoms with Gasteiger partial charge in [-0.1, -0.05) is 0 Å². The Bertz CT molecular complexity index is 556. The Morgan fingerprint density at radius 1 is 1.56 bits per heavy atom. The van der Waals surface area contributed by atoms with Crippen LogP contribution in [0.5, 0.6) is 0 Å². The van der Waals surface area contributed by atoms with Gasteiger partial charge in [0, 0.05) is 11.0 Å². The zero-order valence-corrected chi connectivity index (χ0v) is 11.1. The summed E-state index contributed by atoms with van der Waals surface area (Å²) in [4.78, 5) is 17.0. The van der Waals surface area contributed by atoms with E-state index in [9.17, 15) is 4.79 Å². The molecule has 0 fully saturated rings. The minimum atomic E-state index is -0.142. The number of amides is 1. The molecule has 2 aromatic heterocycles. The second kappa shape index (κ2) is 5.64. The molecular weight excluding hydrogens is 248 g/mol.